The van der Waals surface area contributed by atoms with Crippen molar-refractivity contribution in [3.63, 3.8) is 0 Å². The summed E-state index contributed by atoms with van der Waals surface area (Å²) in [4.78, 5) is 11.7. The van der Waals surface area contributed by atoms with Crippen LogP contribution in [0.25, 0.3) is 0 Å². The molecular weight excluding hydrogens is 220 g/mol. The first-order valence-corrected chi connectivity index (χ1v) is 6.25. The Morgan fingerprint density at radius 1 is 1.41 bits per heavy atom. The molecule has 1 atom stereocenters. The van der Waals surface area contributed by atoms with E-state index < -0.39 is 0 Å². The molecule has 5 nitrogen and oxygen atoms in total. The van der Waals surface area contributed by atoms with E-state index in [4.69, 9.17) is 9.47 Å². The van der Waals surface area contributed by atoms with Crippen LogP contribution in [0.1, 0.15) is 19.3 Å². The maximum absolute atomic E-state index is 11.7. The first-order valence-electron chi connectivity index (χ1n) is 6.25. The van der Waals surface area contributed by atoms with Crippen LogP contribution in [0.2, 0.25) is 0 Å². The molecule has 1 rings (SSSR count). The predicted molar refractivity (Wildman–Crippen MR) is 65.9 cm³/mol. The number of piperidine rings is 1. The molecule has 0 radical (unpaired) electrons. The number of hydrogen-bond acceptors (Lipinski definition) is 4. The van der Waals surface area contributed by atoms with Crippen LogP contribution in [0, 0.1) is 5.92 Å². The Morgan fingerprint density at radius 2 is 2.12 bits per heavy atom. The SMILES string of the molecule is COCC(CNC(=O)CC1CCNCC1)OC. The Balaban J connectivity index is 2.14. The Hall–Kier alpha value is -0.650. The minimum absolute atomic E-state index is 0.0584. The molecule has 2 N–H and O–H groups in total. The molecule has 1 saturated heterocycles. The Kier molecular flexibility index (Phi) is 7.16. The number of nitrogens with one attached hydrogen (secondary N) is 2. The Bertz CT molecular complexity index is 218. The van der Waals surface area contributed by atoms with E-state index in [2.05, 4.69) is 10.6 Å². The number of carbonyl (C=O) groups is 1. The van der Waals surface area contributed by atoms with Crippen molar-refractivity contribution in [1.82, 2.24) is 10.6 Å². The van der Waals surface area contributed by atoms with Crippen LogP contribution in [0.15, 0.2) is 0 Å². The van der Waals surface area contributed by atoms with Gasteiger partial charge < -0.3 is 20.1 Å². The summed E-state index contributed by atoms with van der Waals surface area (Å²) in [6.07, 6.45) is 2.76. The second kappa shape index (κ2) is 8.44. The summed E-state index contributed by atoms with van der Waals surface area (Å²) in [5, 5.41) is 6.20. The number of hydrogen-bond donors (Lipinski definition) is 2. The number of ether oxygens (including phenoxy) is 2. The van der Waals surface area contributed by atoms with Crippen LogP contribution in [-0.2, 0) is 14.3 Å². The standard InChI is InChI=1S/C12H24N2O3/c1-16-9-11(17-2)8-14-12(15)7-10-3-5-13-6-4-10/h10-11,13H,3-9H2,1-2H3,(H,14,15). The van der Waals surface area contributed by atoms with E-state index in [-0.39, 0.29) is 12.0 Å². The second-order valence-electron chi connectivity index (χ2n) is 4.51. The Morgan fingerprint density at radius 3 is 2.71 bits per heavy atom. The summed E-state index contributed by atoms with van der Waals surface area (Å²) >= 11 is 0. The normalized spacial score (nSPS) is 18.9. The van der Waals surface area contributed by atoms with E-state index in [0.29, 0.717) is 25.5 Å². The Labute approximate surface area is 103 Å². The summed E-state index contributed by atoms with van der Waals surface area (Å²) in [6.45, 7) is 3.09. The largest absolute Gasteiger partial charge is 0.382 e. The zero-order valence-corrected chi connectivity index (χ0v) is 10.8. The third-order valence-corrected chi connectivity index (χ3v) is 3.15. The van der Waals surface area contributed by atoms with Crippen molar-refractivity contribution in [3.05, 3.63) is 0 Å². The molecule has 0 aromatic carbocycles. The molecule has 1 amide bonds. The summed E-state index contributed by atoms with van der Waals surface area (Å²) < 4.78 is 10.2. The van der Waals surface area contributed by atoms with E-state index in [9.17, 15) is 4.79 Å². The van der Waals surface area contributed by atoms with Crippen LogP contribution >= 0.6 is 0 Å². The lowest BCUT2D eigenvalue weighted by molar-refractivity contribution is -0.123. The van der Waals surface area contributed by atoms with Crippen molar-refractivity contribution in [2.45, 2.75) is 25.4 Å². The number of amides is 1. The fourth-order valence-corrected chi connectivity index (χ4v) is 2.04. The molecule has 5 heteroatoms. The second-order valence-corrected chi connectivity index (χ2v) is 4.51. The summed E-state index contributed by atoms with van der Waals surface area (Å²) in [7, 11) is 3.26. The summed E-state index contributed by atoms with van der Waals surface area (Å²) in [6, 6.07) is 0. The first-order chi connectivity index (χ1) is 8.26. The van der Waals surface area contributed by atoms with Gasteiger partial charge in [-0.15, -0.1) is 0 Å². The lowest BCUT2D eigenvalue weighted by atomic mass is 9.94. The fraction of sp³-hybridized carbons (Fsp3) is 0.917. The van der Waals surface area contributed by atoms with E-state index >= 15 is 0 Å². The summed E-state index contributed by atoms with van der Waals surface area (Å²) in [5.41, 5.74) is 0. The van der Waals surface area contributed by atoms with Gasteiger partial charge in [-0.05, 0) is 31.8 Å². The molecule has 0 aromatic rings. The zero-order chi connectivity index (χ0) is 12.5. The highest BCUT2D eigenvalue weighted by molar-refractivity contribution is 5.76. The lowest BCUT2D eigenvalue weighted by Gasteiger charge is -2.22. The molecule has 0 spiro atoms. The minimum Gasteiger partial charge on any atom is -0.382 e. The van der Waals surface area contributed by atoms with Gasteiger partial charge in [-0.3, -0.25) is 4.79 Å². The van der Waals surface area contributed by atoms with Gasteiger partial charge in [-0.2, -0.15) is 0 Å². The predicted octanol–water partition coefficient (Wildman–Crippen LogP) is 0.154. The monoisotopic (exact) mass is 244 g/mol. The topological polar surface area (TPSA) is 59.6 Å². The van der Waals surface area contributed by atoms with Crippen molar-refractivity contribution in [1.29, 1.82) is 0 Å². The average Bonchev–Trinajstić information content (AvgIpc) is 2.35. The summed E-state index contributed by atoms with van der Waals surface area (Å²) in [5.74, 6) is 0.648. The molecule has 0 bridgehead atoms. The maximum Gasteiger partial charge on any atom is 0.220 e. The van der Waals surface area contributed by atoms with Gasteiger partial charge in [0.05, 0.1) is 12.7 Å². The van der Waals surface area contributed by atoms with Gasteiger partial charge in [0, 0.05) is 27.2 Å². The van der Waals surface area contributed by atoms with Gasteiger partial charge in [0.15, 0.2) is 0 Å². The molecule has 0 aromatic heterocycles. The minimum atomic E-state index is -0.0584. The van der Waals surface area contributed by atoms with E-state index in [1.165, 1.54) is 0 Å². The van der Waals surface area contributed by atoms with Crippen molar-refractivity contribution in [3.8, 4) is 0 Å². The molecule has 1 aliphatic heterocycles. The molecule has 0 aliphatic carbocycles. The highest BCUT2D eigenvalue weighted by atomic mass is 16.5. The van der Waals surface area contributed by atoms with Crippen LogP contribution in [0.5, 0.6) is 0 Å². The number of rotatable bonds is 7. The van der Waals surface area contributed by atoms with Crippen molar-refractivity contribution < 1.29 is 14.3 Å². The third-order valence-electron chi connectivity index (χ3n) is 3.15. The van der Waals surface area contributed by atoms with Gasteiger partial charge in [0.25, 0.3) is 0 Å². The number of carbonyl (C=O) groups excluding carboxylic acids is 1. The van der Waals surface area contributed by atoms with Gasteiger partial charge in [0.2, 0.25) is 5.91 Å². The van der Waals surface area contributed by atoms with Crippen molar-refractivity contribution >= 4 is 5.91 Å². The molecule has 1 unspecified atom stereocenters. The quantitative estimate of drug-likeness (QED) is 0.669. The lowest BCUT2D eigenvalue weighted by Crippen LogP contribution is -2.37. The van der Waals surface area contributed by atoms with Crippen molar-refractivity contribution in [2.24, 2.45) is 5.92 Å². The van der Waals surface area contributed by atoms with Crippen LogP contribution in [0.4, 0.5) is 0 Å². The molecule has 1 aliphatic rings. The van der Waals surface area contributed by atoms with Crippen LogP contribution in [-0.4, -0.2) is 52.5 Å². The highest BCUT2D eigenvalue weighted by Gasteiger charge is 2.17. The van der Waals surface area contributed by atoms with Gasteiger partial charge >= 0.3 is 0 Å². The van der Waals surface area contributed by atoms with E-state index in [1.54, 1.807) is 14.2 Å². The maximum atomic E-state index is 11.7. The first kappa shape index (κ1) is 14.4. The molecule has 1 heterocycles. The molecule has 17 heavy (non-hydrogen) atoms. The number of methoxy groups -OCH3 is 2. The van der Waals surface area contributed by atoms with E-state index in [0.717, 1.165) is 25.9 Å². The van der Waals surface area contributed by atoms with Gasteiger partial charge in [0.1, 0.15) is 0 Å². The third kappa shape index (κ3) is 6.00. The van der Waals surface area contributed by atoms with Crippen molar-refractivity contribution in [2.75, 3.05) is 40.5 Å². The molecular formula is C12H24N2O3. The smallest absolute Gasteiger partial charge is 0.220 e. The van der Waals surface area contributed by atoms with Gasteiger partial charge in [-0.1, -0.05) is 0 Å². The average molecular weight is 244 g/mol. The van der Waals surface area contributed by atoms with Gasteiger partial charge in [-0.25, -0.2) is 0 Å². The molecule has 0 saturated carbocycles. The van der Waals surface area contributed by atoms with E-state index in [1.807, 2.05) is 0 Å². The highest BCUT2D eigenvalue weighted by Crippen LogP contribution is 2.15. The molecule has 1 fully saturated rings. The van der Waals surface area contributed by atoms with Crippen LogP contribution in [0.3, 0.4) is 0 Å². The zero-order valence-electron chi connectivity index (χ0n) is 10.8. The molecule has 100 valence electrons. The van der Waals surface area contributed by atoms with Crippen LogP contribution < -0.4 is 10.6 Å². The fourth-order valence-electron chi connectivity index (χ4n) is 2.04.